The molecule has 0 bridgehead atoms. The van der Waals surface area contributed by atoms with Crippen LogP contribution in [-0.4, -0.2) is 4.98 Å². The second-order valence-corrected chi connectivity index (χ2v) is 4.17. The molecule has 0 radical (unpaired) electrons. The Morgan fingerprint density at radius 3 is 2.89 bits per heavy atom. The van der Waals surface area contributed by atoms with Crippen molar-refractivity contribution in [3.8, 4) is 0 Å². The van der Waals surface area contributed by atoms with E-state index in [2.05, 4.69) is 4.98 Å². The fourth-order valence-electron chi connectivity index (χ4n) is 1.66. The van der Waals surface area contributed by atoms with Crippen LogP contribution in [0.1, 0.15) is 6.92 Å². The average molecular weight is 264 g/mol. The fraction of sp³-hybridized carbons (Fsp3) is 0.0714. The lowest BCUT2D eigenvalue weighted by molar-refractivity contribution is -0.498. The lowest BCUT2D eigenvalue weighted by Gasteiger charge is -2.03. The van der Waals surface area contributed by atoms with Crippen molar-refractivity contribution in [2.24, 2.45) is 0 Å². The van der Waals surface area contributed by atoms with Crippen LogP contribution in [0.4, 0.5) is 10.2 Å². The molecular weight excluding hydrogens is 251 g/mol. The minimum atomic E-state index is -0.300. The smallest absolute Gasteiger partial charge is 0.236 e. The summed E-state index contributed by atoms with van der Waals surface area (Å²) in [7, 11) is 0. The molecule has 1 aromatic heterocycles. The van der Waals surface area contributed by atoms with Gasteiger partial charge in [0.05, 0.1) is 22.8 Å². The van der Waals surface area contributed by atoms with Crippen molar-refractivity contribution >= 4 is 28.2 Å². The van der Waals surface area contributed by atoms with E-state index in [9.17, 15) is 4.39 Å². The molecule has 0 saturated carbocycles. The number of fused-ring (bicyclic) bond motifs is 1. The zero-order valence-corrected chi connectivity index (χ0v) is 10.7. The topological polar surface area (TPSA) is 29.5 Å². The van der Waals surface area contributed by atoms with E-state index in [1.54, 1.807) is 12.3 Å². The zero-order chi connectivity index (χ0) is 13.0. The first-order valence-corrected chi connectivity index (χ1v) is 5.96. The first kappa shape index (κ1) is 12.7. The van der Waals surface area contributed by atoms with Gasteiger partial charge >= 0.3 is 0 Å². The number of nitrogens with two attached hydrogens (primary N) is 1. The van der Waals surface area contributed by atoms with Crippen LogP contribution < -0.4 is 5.32 Å². The zero-order valence-electron chi connectivity index (χ0n) is 9.90. The SMILES string of the molecule is CC=CC=C[NH2+]c1ncc(Cl)c2cc(F)ccc12. The highest BCUT2D eigenvalue weighted by Gasteiger charge is 2.09. The van der Waals surface area contributed by atoms with Crippen LogP contribution in [0.3, 0.4) is 0 Å². The highest BCUT2D eigenvalue weighted by atomic mass is 35.5. The van der Waals surface area contributed by atoms with Gasteiger partial charge in [-0.25, -0.2) is 9.37 Å². The van der Waals surface area contributed by atoms with E-state index in [1.165, 1.54) is 12.1 Å². The van der Waals surface area contributed by atoms with Gasteiger partial charge < -0.3 is 0 Å². The maximum atomic E-state index is 13.2. The molecule has 0 aliphatic carbocycles. The molecule has 1 heterocycles. The molecule has 2 rings (SSSR count). The van der Waals surface area contributed by atoms with Crippen LogP contribution in [0.15, 0.2) is 48.8 Å². The number of pyridine rings is 1. The molecule has 4 heteroatoms. The van der Waals surface area contributed by atoms with E-state index >= 15 is 0 Å². The number of aromatic nitrogens is 1. The fourth-order valence-corrected chi connectivity index (χ4v) is 1.86. The quantitative estimate of drug-likeness (QED) is 0.846. The number of allylic oxidation sites excluding steroid dienone is 3. The summed E-state index contributed by atoms with van der Waals surface area (Å²) >= 11 is 6.01. The minimum Gasteiger partial charge on any atom is -0.271 e. The largest absolute Gasteiger partial charge is 0.271 e. The first-order valence-electron chi connectivity index (χ1n) is 5.59. The Labute approximate surface area is 110 Å². The van der Waals surface area contributed by atoms with Gasteiger partial charge in [0.2, 0.25) is 5.82 Å². The second-order valence-electron chi connectivity index (χ2n) is 3.76. The van der Waals surface area contributed by atoms with Gasteiger partial charge in [0.25, 0.3) is 0 Å². The Kier molecular flexibility index (Phi) is 4.07. The molecule has 1 aromatic carbocycles. The van der Waals surface area contributed by atoms with Gasteiger partial charge in [-0.05, 0) is 31.2 Å². The summed E-state index contributed by atoms with van der Waals surface area (Å²) < 4.78 is 13.2. The van der Waals surface area contributed by atoms with Crippen LogP contribution in [0, 0.1) is 5.82 Å². The Bertz CT molecular complexity index is 620. The van der Waals surface area contributed by atoms with Gasteiger partial charge in [-0.15, -0.1) is 0 Å². The summed E-state index contributed by atoms with van der Waals surface area (Å²) in [6, 6.07) is 4.53. The summed E-state index contributed by atoms with van der Waals surface area (Å²) in [5, 5.41) is 3.85. The number of nitrogens with zero attached hydrogens (tertiary/aromatic N) is 1. The van der Waals surface area contributed by atoms with Crippen molar-refractivity contribution in [1.29, 1.82) is 0 Å². The van der Waals surface area contributed by atoms with Gasteiger partial charge in [-0.2, -0.15) is 0 Å². The summed E-state index contributed by atoms with van der Waals surface area (Å²) in [4.78, 5) is 4.25. The molecule has 18 heavy (non-hydrogen) atoms. The van der Waals surface area contributed by atoms with Crippen LogP contribution in [0.25, 0.3) is 10.8 Å². The number of hydrogen-bond acceptors (Lipinski definition) is 1. The monoisotopic (exact) mass is 263 g/mol. The number of halogens is 2. The third-order valence-electron chi connectivity index (χ3n) is 2.50. The molecule has 0 fully saturated rings. The van der Waals surface area contributed by atoms with Crippen LogP contribution >= 0.6 is 11.6 Å². The van der Waals surface area contributed by atoms with Crippen molar-refractivity contribution in [3.05, 3.63) is 59.7 Å². The first-order chi connectivity index (χ1) is 8.72. The van der Waals surface area contributed by atoms with Crippen LogP contribution in [0.5, 0.6) is 0 Å². The number of hydrogen-bond donors (Lipinski definition) is 1. The van der Waals surface area contributed by atoms with Gasteiger partial charge in [0.1, 0.15) is 5.82 Å². The Balaban J connectivity index is 2.43. The van der Waals surface area contributed by atoms with Gasteiger partial charge in [0, 0.05) is 5.39 Å². The molecule has 0 saturated heterocycles. The van der Waals surface area contributed by atoms with E-state index < -0.39 is 0 Å². The minimum absolute atomic E-state index is 0.300. The third-order valence-corrected chi connectivity index (χ3v) is 2.80. The van der Waals surface area contributed by atoms with E-state index in [4.69, 9.17) is 11.6 Å². The molecule has 0 aliphatic heterocycles. The maximum absolute atomic E-state index is 13.2. The van der Waals surface area contributed by atoms with Crippen molar-refractivity contribution in [1.82, 2.24) is 4.98 Å². The number of quaternary nitrogens is 1. The molecule has 0 amide bonds. The van der Waals surface area contributed by atoms with Crippen LogP contribution in [0.2, 0.25) is 5.02 Å². The Morgan fingerprint density at radius 1 is 1.28 bits per heavy atom. The Morgan fingerprint density at radius 2 is 2.11 bits per heavy atom. The van der Waals surface area contributed by atoms with Crippen molar-refractivity contribution in [2.45, 2.75) is 6.92 Å². The highest BCUT2D eigenvalue weighted by Crippen LogP contribution is 2.26. The summed E-state index contributed by atoms with van der Waals surface area (Å²) in [5.41, 5.74) is 0. The van der Waals surface area contributed by atoms with Crippen molar-refractivity contribution in [2.75, 3.05) is 0 Å². The van der Waals surface area contributed by atoms with E-state index in [0.29, 0.717) is 10.4 Å². The molecule has 0 aliphatic rings. The third kappa shape index (κ3) is 2.75. The molecule has 0 unspecified atom stereocenters. The second kappa shape index (κ2) is 5.76. The Hall–Kier alpha value is -1.71. The van der Waals surface area contributed by atoms with E-state index in [1.807, 2.05) is 36.7 Å². The molecule has 0 atom stereocenters. The molecule has 2 N–H and O–H groups in total. The summed E-state index contributed by atoms with van der Waals surface area (Å²) in [6.07, 6.45) is 9.20. The maximum Gasteiger partial charge on any atom is 0.236 e. The summed E-state index contributed by atoms with van der Waals surface area (Å²) in [5.74, 6) is 0.473. The summed E-state index contributed by atoms with van der Waals surface area (Å²) in [6.45, 7) is 1.95. The molecule has 0 spiro atoms. The van der Waals surface area contributed by atoms with E-state index in [0.717, 1.165) is 11.2 Å². The molecule has 2 nitrogen and oxygen atoms in total. The standard InChI is InChI=1S/C14H12ClFN2/c1-2-3-4-7-17-14-11-6-5-10(16)8-12(11)13(15)9-18-14/h2-9H,1H3,(H,17,18)/p+1. The molecule has 2 aromatic rings. The lowest BCUT2D eigenvalue weighted by Crippen LogP contribution is -2.71. The normalized spacial score (nSPS) is 11.9. The lowest BCUT2D eigenvalue weighted by atomic mass is 10.1. The van der Waals surface area contributed by atoms with E-state index in [-0.39, 0.29) is 5.82 Å². The molecule has 92 valence electrons. The van der Waals surface area contributed by atoms with Gasteiger partial charge in [-0.1, -0.05) is 23.8 Å². The van der Waals surface area contributed by atoms with Crippen molar-refractivity contribution in [3.63, 3.8) is 0 Å². The number of rotatable bonds is 3. The highest BCUT2D eigenvalue weighted by molar-refractivity contribution is 6.35. The number of benzene rings is 1. The molecular formula is C14H13ClFN2+. The van der Waals surface area contributed by atoms with Gasteiger partial charge in [0.15, 0.2) is 0 Å². The van der Waals surface area contributed by atoms with Gasteiger partial charge in [-0.3, -0.25) is 5.32 Å². The van der Waals surface area contributed by atoms with Crippen molar-refractivity contribution < 1.29 is 9.71 Å². The van der Waals surface area contributed by atoms with Crippen LogP contribution in [-0.2, 0) is 0 Å². The average Bonchev–Trinajstić information content (AvgIpc) is 2.37. The predicted molar refractivity (Wildman–Crippen MR) is 72.3 cm³/mol. The predicted octanol–water partition coefficient (Wildman–Crippen LogP) is 3.31.